The maximum atomic E-state index is 6.96. The Bertz CT molecular complexity index is 374. The molecule has 0 aliphatic carbocycles. The van der Waals surface area contributed by atoms with Crippen LogP contribution in [0.1, 0.15) is 5.56 Å². The summed E-state index contributed by atoms with van der Waals surface area (Å²) in [5, 5.41) is 6.65. The van der Waals surface area contributed by atoms with E-state index in [0.29, 0.717) is 5.71 Å². The molecule has 0 aliphatic heterocycles. The Morgan fingerprint density at radius 1 is 1.38 bits per heavy atom. The van der Waals surface area contributed by atoms with Gasteiger partial charge in [0, 0.05) is 5.56 Å². The fourth-order valence-corrected chi connectivity index (χ4v) is 0.959. The number of nitrogens with zero attached hydrogens (tertiary/aromatic N) is 1. The van der Waals surface area contributed by atoms with E-state index in [9.17, 15) is 0 Å². The van der Waals surface area contributed by atoms with Gasteiger partial charge in [0.25, 0.3) is 0 Å². The van der Waals surface area contributed by atoms with E-state index in [4.69, 9.17) is 23.4 Å². The van der Waals surface area contributed by atoms with Crippen LogP contribution in [0.3, 0.4) is 0 Å². The molecule has 0 heterocycles. The predicted octanol–water partition coefficient (Wildman–Crippen LogP) is 2.28. The summed E-state index contributed by atoms with van der Waals surface area (Å²) < 4.78 is 0. The summed E-state index contributed by atoms with van der Waals surface area (Å²) in [4.78, 5) is 3.69. The van der Waals surface area contributed by atoms with Crippen molar-refractivity contribution in [3.05, 3.63) is 35.9 Å². The van der Waals surface area contributed by atoms with E-state index in [-0.39, 0.29) is 5.29 Å². The van der Waals surface area contributed by atoms with Crippen molar-refractivity contribution in [3.8, 4) is 12.3 Å². The average Bonchev–Trinajstić information content (AvgIpc) is 2.15. The van der Waals surface area contributed by atoms with Gasteiger partial charge in [0.05, 0.1) is 0 Å². The van der Waals surface area contributed by atoms with Gasteiger partial charge in [0.15, 0.2) is 0 Å². The monoisotopic (exact) mass is 190 g/mol. The number of nitrogens with one attached hydrogen (secondary N) is 1. The molecular formula is C10H7ClN2. The second-order valence-electron chi connectivity index (χ2n) is 2.26. The maximum absolute atomic E-state index is 6.96. The lowest BCUT2D eigenvalue weighted by Gasteiger charge is -1.96. The van der Waals surface area contributed by atoms with Gasteiger partial charge >= 0.3 is 0 Å². The number of amidine groups is 1. The van der Waals surface area contributed by atoms with E-state index in [1.54, 1.807) is 0 Å². The molecule has 64 valence electrons. The largest absolute Gasteiger partial charge is 0.272 e. The lowest BCUT2D eigenvalue weighted by Crippen LogP contribution is -1.98. The topological polar surface area (TPSA) is 36.2 Å². The third kappa shape index (κ3) is 2.73. The minimum Gasteiger partial charge on any atom is -0.272 e. The first-order valence-corrected chi connectivity index (χ1v) is 3.96. The molecule has 0 fully saturated rings. The van der Waals surface area contributed by atoms with Gasteiger partial charge in [-0.25, -0.2) is 4.99 Å². The molecule has 0 atom stereocenters. The number of halogens is 1. The molecule has 1 N–H and O–H groups in total. The zero-order chi connectivity index (χ0) is 9.68. The van der Waals surface area contributed by atoms with E-state index >= 15 is 0 Å². The highest BCUT2D eigenvalue weighted by atomic mass is 35.5. The molecule has 0 aromatic heterocycles. The van der Waals surface area contributed by atoms with E-state index in [2.05, 4.69) is 10.9 Å². The van der Waals surface area contributed by atoms with Crippen LogP contribution in [0.4, 0.5) is 0 Å². The normalized spacial score (nSPS) is 10.6. The summed E-state index contributed by atoms with van der Waals surface area (Å²) in [6.07, 6.45) is 5.22. The van der Waals surface area contributed by atoms with Crippen LogP contribution in [0.15, 0.2) is 35.3 Å². The van der Waals surface area contributed by atoms with Crippen LogP contribution in [0.5, 0.6) is 0 Å². The van der Waals surface area contributed by atoms with Crippen molar-refractivity contribution in [1.82, 2.24) is 0 Å². The minimum atomic E-state index is -0.309. The molecule has 3 heteroatoms. The third-order valence-corrected chi connectivity index (χ3v) is 1.48. The number of hydrogen-bond donors (Lipinski definition) is 1. The van der Waals surface area contributed by atoms with Gasteiger partial charge in [0.1, 0.15) is 5.71 Å². The van der Waals surface area contributed by atoms with Crippen LogP contribution in [0.2, 0.25) is 0 Å². The Balaban J connectivity index is 3.07. The molecule has 0 saturated carbocycles. The number of aliphatic imine (C=N–C) groups is 1. The highest BCUT2D eigenvalue weighted by Gasteiger charge is 1.98. The van der Waals surface area contributed by atoms with Crippen LogP contribution >= 0.6 is 11.6 Å². The Kier molecular flexibility index (Phi) is 3.24. The van der Waals surface area contributed by atoms with Crippen molar-refractivity contribution in [1.29, 1.82) is 5.41 Å². The molecule has 1 aromatic carbocycles. The van der Waals surface area contributed by atoms with Crippen molar-refractivity contribution in [2.45, 2.75) is 0 Å². The Labute approximate surface area is 81.8 Å². The van der Waals surface area contributed by atoms with E-state index < -0.39 is 0 Å². The van der Waals surface area contributed by atoms with Crippen molar-refractivity contribution in [2.24, 2.45) is 4.99 Å². The Morgan fingerprint density at radius 3 is 2.46 bits per heavy atom. The molecule has 0 spiro atoms. The highest BCUT2D eigenvalue weighted by Crippen LogP contribution is 2.01. The molecule has 13 heavy (non-hydrogen) atoms. The molecule has 0 amide bonds. The summed E-state index contributed by atoms with van der Waals surface area (Å²) in [6.45, 7) is 0. The van der Waals surface area contributed by atoms with Crippen LogP contribution in [-0.2, 0) is 0 Å². The lowest BCUT2D eigenvalue weighted by atomic mass is 10.1. The first-order chi connectivity index (χ1) is 6.24. The van der Waals surface area contributed by atoms with Crippen LogP contribution in [0.25, 0.3) is 0 Å². The number of rotatable bonds is 1. The van der Waals surface area contributed by atoms with Gasteiger partial charge < -0.3 is 0 Å². The van der Waals surface area contributed by atoms with Crippen molar-refractivity contribution in [2.75, 3.05) is 0 Å². The summed E-state index contributed by atoms with van der Waals surface area (Å²) in [6, 6.07) is 9.21. The van der Waals surface area contributed by atoms with E-state index in [1.807, 2.05) is 30.3 Å². The Hall–Kier alpha value is -1.59. The summed E-state index contributed by atoms with van der Waals surface area (Å²) in [5.41, 5.74) is 1.16. The zero-order valence-electron chi connectivity index (χ0n) is 6.79. The van der Waals surface area contributed by atoms with Gasteiger partial charge in [-0.05, 0) is 17.5 Å². The lowest BCUT2D eigenvalue weighted by molar-refractivity contribution is 1.49. The predicted molar refractivity (Wildman–Crippen MR) is 55.4 cm³/mol. The fraction of sp³-hybridized carbons (Fsp3) is 0. The smallest absolute Gasteiger partial charge is 0.216 e. The first kappa shape index (κ1) is 9.50. The molecule has 1 aromatic rings. The number of terminal acetylenes is 1. The van der Waals surface area contributed by atoms with Gasteiger partial charge in [-0.2, -0.15) is 0 Å². The van der Waals surface area contributed by atoms with Gasteiger partial charge in [-0.3, -0.25) is 5.41 Å². The van der Waals surface area contributed by atoms with Crippen LogP contribution in [-0.4, -0.2) is 11.0 Å². The molecule has 0 radical (unpaired) electrons. The average molecular weight is 191 g/mol. The van der Waals surface area contributed by atoms with Crippen LogP contribution in [0, 0.1) is 17.8 Å². The molecule has 0 bridgehead atoms. The van der Waals surface area contributed by atoms with Crippen molar-refractivity contribution >= 4 is 22.6 Å². The summed E-state index contributed by atoms with van der Waals surface area (Å²) >= 11 is 5.30. The Morgan fingerprint density at radius 2 is 2.00 bits per heavy atom. The summed E-state index contributed by atoms with van der Waals surface area (Å²) in [5.74, 6) is 2.37. The van der Waals surface area contributed by atoms with E-state index in [1.165, 1.54) is 0 Å². The van der Waals surface area contributed by atoms with Crippen molar-refractivity contribution in [3.63, 3.8) is 0 Å². The maximum Gasteiger partial charge on any atom is 0.216 e. The van der Waals surface area contributed by atoms with E-state index in [0.717, 1.165) is 5.56 Å². The number of hydrogen-bond acceptors (Lipinski definition) is 1. The standard InChI is InChI=1S/C10H7ClN2/c1-2-9(13-10(11)12)8-6-4-3-5-7-8/h1,3-7,12H/b12-10?,13-9+. The quantitative estimate of drug-likeness (QED) is 0.305. The SMILES string of the molecule is C#C/C(=N\C(=N)Cl)c1ccccc1. The summed E-state index contributed by atoms with van der Waals surface area (Å²) in [7, 11) is 0. The van der Waals surface area contributed by atoms with Gasteiger partial charge in [-0.1, -0.05) is 30.3 Å². The molecule has 2 nitrogen and oxygen atoms in total. The van der Waals surface area contributed by atoms with Crippen molar-refractivity contribution < 1.29 is 0 Å². The third-order valence-electron chi connectivity index (χ3n) is 1.39. The second-order valence-corrected chi connectivity index (χ2v) is 2.62. The second kappa shape index (κ2) is 4.44. The molecule has 0 unspecified atom stereocenters. The zero-order valence-corrected chi connectivity index (χ0v) is 7.55. The fourth-order valence-electron chi connectivity index (χ4n) is 0.874. The molecule has 0 aliphatic rings. The van der Waals surface area contributed by atoms with Crippen LogP contribution < -0.4 is 0 Å². The molecule has 1 rings (SSSR count). The van der Waals surface area contributed by atoms with Gasteiger partial charge in [-0.15, -0.1) is 6.42 Å². The number of benzene rings is 1. The minimum absolute atomic E-state index is 0.309. The molecule has 0 saturated heterocycles. The first-order valence-electron chi connectivity index (χ1n) is 3.59. The highest BCUT2D eigenvalue weighted by molar-refractivity contribution is 6.65. The van der Waals surface area contributed by atoms with Gasteiger partial charge in [0.2, 0.25) is 5.29 Å². The molecular weight excluding hydrogens is 184 g/mol.